The van der Waals surface area contributed by atoms with Crippen LogP contribution in [0.15, 0.2) is 54.9 Å². The zero-order valence-electron chi connectivity index (χ0n) is 24.9. The van der Waals surface area contributed by atoms with Gasteiger partial charge in [-0.3, -0.25) is 19.5 Å². The van der Waals surface area contributed by atoms with Crippen molar-refractivity contribution in [1.29, 1.82) is 0 Å². The number of carboxylic acids is 1. The highest BCUT2D eigenvalue weighted by Gasteiger charge is 2.47. The van der Waals surface area contributed by atoms with Crippen LogP contribution in [0.5, 0.6) is 28.7 Å². The Hall–Kier alpha value is -4.51. The number of nitrogens with zero attached hydrogens (tertiary/aromatic N) is 3. The first-order valence-electron chi connectivity index (χ1n) is 15.0. The van der Waals surface area contributed by atoms with Gasteiger partial charge in [0.25, 0.3) is 0 Å². The second-order valence-electron chi connectivity index (χ2n) is 11.2. The van der Waals surface area contributed by atoms with Crippen molar-refractivity contribution >= 4 is 17.6 Å². The lowest BCUT2D eigenvalue weighted by molar-refractivity contribution is -0.143. The SMILES string of the molecule is CCCCN(C(=O)CN1C[C@H](c2cc(OC)c3c(c2)OCO3)C(C(=O)O)[C@@H]1CCc1cccc2c1OCO2)c1cccnc1. The molecule has 4 heterocycles. The summed E-state index contributed by atoms with van der Waals surface area (Å²) < 4.78 is 28.1. The maximum Gasteiger partial charge on any atom is 0.308 e. The van der Waals surface area contributed by atoms with Crippen LogP contribution in [0.1, 0.15) is 43.2 Å². The summed E-state index contributed by atoms with van der Waals surface area (Å²) >= 11 is 0. The Morgan fingerprint density at radius 1 is 1.07 bits per heavy atom. The van der Waals surface area contributed by atoms with Crippen LogP contribution >= 0.6 is 0 Å². The van der Waals surface area contributed by atoms with Crippen molar-refractivity contribution < 1.29 is 38.4 Å². The van der Waals surface area contributed by atoms with E-state index in [1.807, 2.05) is 47.4 Å². The average Bonchev–Trinajstić information content (AvgIpc) is 3.79. The zero-order chi connectivity index (χ0) is 30.6. The van der Waals surface area contributed by atoms with Gasteiger partial charge in [0, 0.05) is 31.2 Å². The van der Waals surface area contributed by atoms with Gasteiger partial charge in [-0.2, -0.15) is 0 Å². The van der Waals surface area contributed by atoms with Crippen LogP contribution in [0.25, 0.3) is 0 Å². The van der Waals surface area contributed by atoms with Crippen molar-refractivity contribution in [3.63, 3.8) is 0 Å². The number of aryl methyl sites for hydroxylation is 1. The Bertz CT molecular complexity index is 1500. The molecule has 44 heavy (non-hydrogen) atoms. The number of carboxylic acid groups (broad SMARTS) is 1. The van der Waals surface area contributed by atoms with Crippen LogP contribution in [0.4, 0.5) is 5.69 Å². The summed E-state index contributed by atoms with van der Waals surface area (Å²) in [6.07, 6.45) is 6.20. The maximum atomic E-state index is 14.0. The lowest BCUT2D eigenvalue weighted by Gasteiger charge is -2.29. The van der Waals surface area contributed by atoms with E-state index in [1.54, 1.807) is 24.4 Å². The van der Waals surface area contributed by atoms with E-state index in [0.717, 1.165) is 29.7 Å². The summed E-state index contributed by atoms with van der Waals surface area (Å²) in [5.41, 5.74) is 2.44. The van der Waals surface area contributed by atoms with Crippen LogP contribution in [-0.2, 0) is 16.0 Å². The molecule has 0 aliphatic carbocycles. The van der Waals surface area contributed by atoms with E-state index in [-0.39, 0.29) is 26.0 Å². The number of carbonyl (C=O) groups is 2. The number of benzene rings is 2. The number of methoxy groups -OCH3 is 1. The molecular formula is C33H37N3O8. The summed E-state index contributed by atoms with van der Waals surface area (Å²) in [5.74, 6) is 0.678. The van der Waals surface area contributed by atoms with Gasteiger partial charge in [-0.15, -0.1) is 0 Å². The number of pyridine rings is 1. The number of hydrogen-bond donors (Lipinski definition) is 1. The molecular weight excluding hydrogens is 566 g/mol. The van der Waals surface area contributed by atoms with Crippen molar-refractivity contribution in [3.05, 3.63) is 66.0 Å². The summed E-state index contributed by atoms with van der Waals surface area (Å²) in [7, 11) is 1.55. The van der Waals surface area contributed by atoms with Crippen molar-refractivity contribution in [2.45, 2.75) is 44.6 Å². The number of para-hydroxylation sites is 1. The Labute approximate surface area is 256 Å². The second kappa shape index (κ2) is 13.0. The lowest BCUT2D eigenvalue weighted by atomic mass is 9.83. The Balaban J connectivity index is 1.33. The molecule has 6 rings (SSSR count). The van der Waals surface area contributed by atoms with Crippen molar-refractivity contribution in [1.82, 2.24) is 9.88 Å². The summed E-state index contributed by atoms with van der Waals surface area (Å²) in [4.78, 5) is 35.0. The molecule has 2 aromatic carbocycles. The predicted molar refractivity (Wildman–Crippen MR) is 161 cm³/mol. The van der Waals surface area contributed by atoms with Crippen LogP contribution in [0.3, 0.4) is 0 Å². The van der Waals surface area contributed by atoms with Crippen LogP contribution in [0, 0.1) is 5.92 Å². The molecule has 3 aliphatic heterocycles. The Kier molecular flexibility index (Phi) is 8.74. The average molecular weight is 604 g/mol. The number of aromatic nitrogens is 1. The molecule has 1 amide bonds. The van der Waals surface area contributed by atoms with E-state index in [0.29, 0.717) is 54.7 Å². The van der Waals surface area contributed by atoms with Gasteiger partial charge >= 0.3 is 5.97 Å². The second-order valence-corrected chi connectivity index (χ2v) is 11.2. The van der Waals surface area contributed by atoms with Gasteiger partial charge in [0.2, 0.25) is 25.2 Å². The van der Waals surface area contributed by atoms with Gasteiger partial charge in [0.15, 0.2) is 23.0 Å². The largest absolute Gasteiger partial charge is 0.493 e. The van der Waals surface area contributed by atoms with Crippen LogP contribution in [0.2, 0.25) is 0 Å². The first-order chi connectivity index (χ1) is 21.5. The van der Waals surface area contributed by atoms with E-state index in [1.165, 1.54) is 0 Å². The number of likely N-dealkylation sites (tertiary alicyclic amines) is 1. The van der Waals surface area contributed by atoms with Gasteiger partial charge in [-0.05, 0) is 60.7 Å². The molecule has 0 spiro atoms. The van der Waals surface area contributed by atoms with Gasteiger partial charge in [0.1, 0.15) is 0 Å². The summed E-state index contributed by atoms with van der Waals surface area (Å²) in [6.45, 7) is 3.30. The lowest BCUT2D eigenvalue weighted by Crippen LogP contribution is -2.44. The first kappa shape index (κ1) is 29.6. The van der Waals surface area contributed by atoms with Gasteiger partial charge in [-0.1, -0.05) is 25.5 Å². The maximum absolute atomic E-state index is 14.0. The number of anilines is 1. The number of rotatable bonds is 12. The van der Waals surface area contributed by atoms with E-state index in [9.17, 15) is 14.7 Å². The zero-order valence-corrected chi connectivity index (χ0v) is 24.9. The third-order valence-corrected chi connectivity index (χ3v) is 8.66. The number of amides is 1. The third-order valence-electron chi connectivity index (χ3n) is 8.66. The van der Waals surface area contributed by atoms with E-state index >= 15 is 0 Å². The summed E-state index contributed by atoms with van der Waals surface area (Å²) in [5, 5.41) is 10.7. The number of ether oxygens (including phenoxy) is 5. The third kappa shape index (κ3) is 5.84. The number of hydrogen-bond acceptors (Lipinski definition) is 9. The summed E-state index contributed by atoms with van der Waals surface area (Å²) in [6, 6.07) is 12.7. The Morgan fingerprint density at radius 2 is 1.89 bits per heavy atom. The quantitative estimate of drug-likeness (QED) is 0.317. The fraction of sp³-hybridized carbons (Fsp3) is 0.424. The molecule has 1 N–H and O–H groups in total. The van der Waals surface area contributed by atoms with Crippen LogP contribution in [-0.4, -0.2) is 73.2 Å². The molecule has 11 heteroatoms. The molecule has 3 aliphatic rings. The highest BCUT2D eigenvalue weighted by atomic mass is 16.7. The highest BCUT2D eigenvalue weighted by molar-refractivity contribution is 5.94. The normalized spacial score (nSPS) is 20.1. The minimum atomic E-state index is -0.917. The minimum absolute atomic E-state index is 0.0672. The molecule has 0 bridgehead atoms. The number of aliphatic carboxylic acids is 1. The van der Waals surface area contributed by atoms with E-state index < -0.39 is 23.8 Å². The molecule has 1 aromatic heterocycles. The molecule has 0 radical (unpaired) electrons. The highest BCUT2D eigenvalue weighted by Crippen LogP contribution is 2.47. The molecule has 11 nitrogen and oxygen atoms in total. The smallest absolute Gasteiger partial charge is 0.308 e. The molecule has 232 valence electrons. The van der Waals surface area contributed by atoms with Crippen molar-refractivity contribution in [2.24, 2.45) is 5.92 Å². The van der Waals surface area contributed by atoms with E-state index in [2.05, 4.69) is 11.9 Å². The molecule has 1 unspecified atom stereocenters. The van der Waals surface area contributed by atoms with Crippen molar-refractivity contribution in [3.8, 4) is 28.7 Å². The van der Waals surface area contributed by atoms with Gasteiger partial charge in [0.05, 0.1) is 31.5 Å². The monoisotopic (exact) mass is 603 g/mol. The number of carbonyl (C=O) groups excluding carboxylic acids is 1. The van der Waals surface area contributed by atoms with Gasteiger partial charge < -0.3 is 33.7 Å². The van der Waals surface area contributed by atoms with Crippen LogP contribution < -0.4 is 28.6 Å². The topological polar surface area (TPSA) is 120 Å². The molecule has 3 atom stereocenters. The first-order valence-corrected chi connectivity index (χ1v) is 15.0. The fourth-order valence-electron chi connectivity index (χ4n) is 6.53. The number of fused-ring (bicyclic) bond motifs is 2. The number of unbranched alkanes of at least 4 members (excludes halogenated alkanes) is 1. The fourth-order valence-corrected chi connectivity index (χ4v) is 6.53. The predicted octanol–water partition coefficient (Wildman–Crippen LogP) is 4.48. The van der Waals surface area contributed by atoms with Gasteiger partial charge in [-0.25, -0.2) is 0 Å². The Morgan fingerprint density at radius 3 is 2.64 bits per heavy atom. The molecule has 0 saturated carbocycles. The molecule has 1 saturated heterocycles. The minimum Gasteiger partial charge on any atom is -0.493 e. The molecule has 3 aromatic rings. The standard InChI is InChI=1S/C33H37N3O8/c1-3-4-13-36(23-8-6-12-34-16-23)29(37)18-35-17-24(22-14-27(40-2)32-28(15-22)42-20-44-32)30(33(38)39)25(35)11-10-21-7-5-9-26-31(21)43-19-41-26/h5-9,12,14-16,24-25,30H,3-4,10-11,13,17-20H2,1-2H3,(H,38,39)/t24-,25+,30?/m1/s1. The van der Waals surface area contributed by atoms with Crippen molar-refractivity contribution in [2.75, 3.05) is 45.2 Å². The molecule has 1 fully saturated rings. The van der Waals surface area contributed by atoms with E-state index in [4.69, 9.17) is 23.7 Å².